The number of nitrogens with one attached hydrogen (secondary N) is 1. The van der Waals surface area contributed by atoms with Crippen LogP contribution in [0.3, 0.4) is 0 Å². The number of thiazole rings is 1. The maximum atomic E-state index is 13.2. The second-order valence-electron chi connectivity index (χ2n) is 8.14. The number of carbonyl (C=O) groups excluding carboxylic acids is 3. The zero-order valence-corrected chi connectivity index (χ0v) is 18.8. The highest BCUT2D eigenvalue weighted by Crippen LogP contribution is 2.33. The predicted molar refractivity (Wildman–Crippen MR) is 126 cm³/mol. The normalized spacial score (nSPS) is 18.1. The van der Waals surface area contributed by atoms with Gasteiger partial charge in [-0.2, -0.15) is 0 Å². The summed E-state index contributed by atoms with van der Waals surface area (Å²) in [4.78, 5) is 51.7. The van der Waals surface area contributed by atoms with Crippen molar-refractivity contribution in [2.45, 2.75) is 12.8 Å². The summed E-state index contributed by atoms with van der Waals surface area (Å²) < 4.78 is 0. The second kappa shape index (κ2) is 9.11. The molecule has 1 aromatic carbocycles. The van der Waals surface area contributed by atoms with Gasteiger partial charge < -0.3 is 9.80 Å². The van der Waals surface area contributed by atoms with E-state index in [4.69, 9.17) is 0 Å². The van der Waals surface area contributed by atoms with Crippen LogP contribution in [-0.2, 0) is 11.2 Å². The van der Waals surface area contributed by atoms with Crippen LogP contribution in [0.2, 0.25) is 0 Å². The van der Waals surface area contributed by atoms with E-state index in [9.17, 15) is 14.4 Å². The van der Waals surface area contributed by atoms with Crippen molar-refractivity contribution in [1.82, 2.24) is 14.9 Å². The van der Waals surface area contributed by atoms with Crippen LogP contribution in [0.4, 0.5) is 10.9 Å². The quantitative estimate of drug-likeness (QED) is 0.642. The number of Topliss-reactive ketones (excluding diaryl/α,β-unsaturated/α-hetero) is 1. The van der Waals surface area contributed by atoms with Gasteiger partial charge in [0.1, 0.15) is 5.82 Å². The highest BCUT2D eigenvalue weighted by atomic mass is 32.1. The summed E-state index contributed by atoms with van der Waals surface area (Å²) >= 11 is 1.18. The van der Waals surface area contributed by atoms with E-state index in [-0.39, 0.29) is 24.0 Å². The molecule has 0 spiro atoms. The average molecular weight is 462 g/mol. The summed E-state index contributed by atoms with van der Waals surface area (Å²) in [6.07, 6.45) is 2.36. The van der Waals surface area contributed by atoms with Crippen molar-refractivity contribution in [3.05, 3.63) is 70.9 Å². The predicted octanol–water partition coefficient (Wildman–Crippen LogP) is 2.88. The first kappa shape index (κ1) is 21.3. The number of amides is 2. The lowest BCUT2D eigenvalue weighted by Crippen LogP contribution is -2.51. The van der Waals surface area contributed by atoms with Gasteiger partial charge in [0.25, 0.3) is 5.91 Å². The second-order valence-corrected chi connectivity index (χ2v) is 9.14. The number of hydrogen-bond acceptors (Lipinski definition) is 7. The molecule has 9 heteroatoms. The van der Waals surface area contributed by atoms with Crippen molar-refractivity contribution < 1.29 is 14.4 Å². The number of ketones is 1. The first-order valence-corrected chi connectivity index (χ1v) is 11.7. The van der Waals surface area contributed by atoms with Gasteiger partial charge in [-0.25, -0.2) is 9.97 Å². The molecule has 1 atom stereocenters. The zero-order valence-electron chi connectivity index (χ0n) is 17.9. The fourth-order valence-corrected chi connectivity index (χ4v) is 5.21. The molecule has 2 amide bonds. The summed E-state index contributed by atoms with van der Waals surface area (Å²) in [6, 6.07) is 14.7. The SMILES string of the molecule is O=C(Nc1nc2c(s1)C(=O)C[C@H](C(=O)N1CCN(c3ccccn3)CC1)C2)c1ccccc1. The largest absolute Gasteiger partial charge is 0.353 e. The molecule has 1 aliphatic heterocycles. The van der Waals surface area contributed by atoms with Crippen LogP contribution in [0.1, 0.15) is 32.1 Å². The molecule has 168 valence electrons. The monoisotopic (exact) mass is 461 g/mol. The molecule has 3 heterocycles. The summed E-state index contributed by atoms with van der Waals surface area (Å²) in [6.45, 7) is 2.62. The van der Waals surface area contributed by atoms with Gasteiger partial charge in [-0.15, -0.1) is 0 Å². The number of nitrogens with zero attached hydrogens (tertiary/aromatic N) is 4. The topological polar surface area (TPSA) is 95.5 Å². The highest BCUT2D eigenvalue weighted by Gasteiger charge is 2.36. The van der Waals surface area contributed by atoms with Gasteiger partial charge in [0.15, 0.2) is 10.9 Å². The van der Waals surface area contributed by atoms with Crippen LogP contribution in [0.25, 0.3) is 0 Å². The average Bonchev–Trinajstić information content (AvgIpc) is 3.28. The molecular weight excluding hydrogens is 438 g/mol. The number of pyridine rings is 1. The number of rotatable bonds is 4. The third-order valence-electron chi connectivity index (χ3n) is 5.99. The van der Waals surface area contributed by atoms with Crippen molar-refractivity contribution in [2.75, 3.05) is 36.4 Å². The van der Waals surface area contributed by atoms with Gasteiger partial charge in [0, 0.05) is 50.8 Å². The molecule has 0 radical (unpaired) electrons. The van der Waals surface area contributed by atoms with E-state index >= 15 is 0 Å². The summed E-state index contributed by atoms with van der Waals surface area (Å²) in [5.41, 5.74) is 1.12. The Morgan fingerprint density at radius 1 is 0.970 bits per heavy atom. The van der Waals surface area contributed by atoms with Gasteiger partial charge in [0.2, 0.25) is 5.91 Å². The molecule has 0 unspecified atom stereocenters. The maximum absolute atomic E-state index is 13.2. The third kappa shape index (κ3) is 4.49. The van der Waals surface area contributed by atoms with Gasteiger partial charge in [-0.3, -0.25) is 19.7 Å². The Morgan fingerprint density at radius 2 is 1.73 bits per heavy atom. The minimum absolute atomic E-state index is 0.00228. The molecule has 2 aromatic heterocycles. The van der Waals surface area contributed by atoms with Crippen LogP contribution in [0, 0.1) is 5.92 Å². The smallest absolute Gasteiger partial charge is 0.257 e. The van der Waals surface area contributed by atoms with E-state index in [1.54, 1.807) is 30.5 Å². The summed E-state index contributed by atoms with van der Waals surface area (Å²) in [5, 5.41) is 3.16. The molecule has 0 bridgehead atoms. The third-order valence-corrected chi connectivity index (χ3v) is 7.05. The van der Waals surface area contributed by atoms with Gasteiger partial charge in [-0.05, 0) is 24.3 Å². The lowest BCUT2D eigenvalue weighted by molar-refractivity contribution is -0.135. The Balaban J connectivity index is 1.22. The van der Waals surface area contributed by atoms with Crippen molar-refractivity contribution in [1.29, 1.82) is 0 Å². The number of aromatic nitrogens is 2. The number of fused-ring (bicyclic) bond motifs is 1. The fourth-order valence-electron chi connectivity index (χ4n) is 4.27. The van der Waals surface area contributed by atoms with Gasteiger partial charge in [-0.1, -0.05) is 35.6 Å². The van der Waals surface area contributed by atoms with Crippen LogP contribution >= 0.6 is 11.3 Å². The molecule has 1 N–H and O–H groups in total. The van der Waals surface area contributed by atoms with Crippen LogP contribution < -0.4 is 10.2 Å². The van der Waals surface area contributed by atoms with Crippen LogP contribution in [-0.4, -0.2) is 58.6 Å². The van der Waals surface area contributed by atoms with E-state index < -0.39 is 5.92 Å². The van der Waals surface area contributed by atoms with E-state index in [1.165, 1.54) is 11.3 Å². The number of anilines is 2. The van der Waals surface area contributed by atoms with Crippen LogP contribution in [0.5, 0.6) is 0 Å². The molecule has 33 heavy (non-hydrogen) atoms. The van der Waals surface area contributed by atoms with E-state index in [2.05, 4.69) is 20.2 Å². The zero-order chi connectivity index (χ0) is 22.8. The lowest BCUT2D eigenvalue weighted by atomic mass is 9.88. The van der Waals surface area contributed by atoms with Crippen molar-refractivity contribution >= 4 is 39.9 Å². The number of carbonyl (C=O) groups is 3. The molecule has 0 saturated carbocycles. The van der Waals surface area contributed by atoms with E-state index in [0.29, 0.717) is 53.9 Å². The Morgan fingerprint density at radius 3 is 2.45 bits per heavy atom. The Kier molecular flexibility index (Phi) is 5.87. The number of benzene rings is 1. The molecule has 3 aromatic rings. The summed E-state index contributed by atoms with van der Waals surface area (Å²) in [7, 11) is 0. The van der Waals surface area contributed by atoms with E-state index in [0.717, 1.165) is 5.82 Å². The van der Waals surface area contributed by atoms with Gasteiger partial charge in [0.05, 0.1) is 16.5 Å². The Hall–Kier alpha value is -3.59. The first-order chi connectivity index (χ1) is 16.1. The van der Waals surface area contributed by atoms with E-state index in [1.807, 2.05) is 29.2 Å². The standard InChI is InChI=1S/C24H23N5O3S/c30-19-15-17(23(32)29-12-10-28(11-13-29)20-8-4-5-9-25-20)14-18-21(19)33-24(26-18)27-22(31)16-6-2-1-3-7-16/h1-9,17H,10-15H2,(H,26,27,31)/t17-/m1/s1. The molecule has 2 aliphatic rings. The van der Waals surface area contributed by atoms with Gasteiger partial charge >= 0.3 is 0 Å². The Bertz CT molecular complexity index is 1170. The fraction of sp³-hybridized carbons (Fsp3) is 0.292. The minimum atomic E-state index is -0.411. The molecule has 5 rings (SSSR count). The molecular formula is C24H23N5O3S. The first-order valence-electron chi connectivity index (χ1n) is 10.9. The van der Waals surface area contributed by atoms with Crippen molar-refractivity contribution in [2.24, 2.45) is 5.92 Å². The number of piperazine rings is 1. The summed E-state index contributed by atoms with van der Waals surface area (Å²) in [5.74, 6) is 0.144. The molecule has 8 nitrogen and oxygen atoms in total. The van der Waals surface area contributed by atoms with Crippen molar-refractivity contribution in [3.8, 4) is 0 Å². The Labute approximate surface area is 195 Å². The minimum Gasteiger partial charge on any atom is -0.353 e. The van der Waals surface area contributed by atoms with Crippen molar-refractivity contribution in [3.63, 3.8) is 0 Å². The lowest BCUT2D eigenvalue weighted by Gasteiger charge is -2.37. The number of hydrogen-bond donors (Lipinski definition) is 1. The molecule has 1 fully saturated rings. The molecule has 1 aliphatic carbocycles. The highest BCUT2D eigenvalue weighted by molar-refractivity contribution is 7.17. The molecule has 1 saturated heterocycles. The van der Waals surface area contributed by atoms with Crippen LogP contribution in [0.15, 0.2) is 54.7 Å². The maximum Gasteiger partial charge on any atom is 0.257 e.